The number of rotatable bonds is 8. The van der Waals surface area contributed by atoms with E-state index < -0.39 is 5.82 Å². The lowest BCUT2D eigenvalue weighted by Crippen LogP contribution is -2.58. The highest BCUT2D eigenvalue weighted by atomic mass is 19.1. The zero-order valence-corrected chi connectivity index (χ0v) is 19.8. The number of carbonyl (C=O) groups is 2. The summed E-state index contributed by atoms with van der Waals surface area (Å²) in [6.07, 6.45) is 5.23. The Bertz CT molecular complexity index is 967. The standard InChI is InChI=1S/C27H34FN3O3/c1-34-24-11-9-20(10-12-24)13-14-29-26(32)25(21-5-2-3-6-21)30-15-17-31(18-16-30)27(33)22-7-4-8-23(28)19-22/h4,7-12,19,21,25H,2-3,5-6,13-18H2,1H3,(H,29,32). The first-order valence-corrected chi connectivity index (χ1v) is 12.2. The van der Waals surface area contributed by atoms with Crippen molar-refractivity contribution in [1.29, 1.82) is 0 Å². The molecule has 0 spiro atoms. The van der Waals surface area contributed by atoms with Gasteiger partial charge in [-0.3, -0.25) is 14.5 Å². The highest BCUT2D eigenvalue weighted by Crippen LogP contribution is 2.31. The molecule has 1 atom stereocenters. The first-order valence-electron chi connectivity index (χ1n) is 12.2. The van der Waals surface area contributed by atoms with Gasteiger partial charge in [-0.2, -0.15) is 0 Å². The summed E-state index contributed by atoms with van der Waals surface area (Å²) in [7, 11) is 1.65. The van der Waals surface area contributed by atoms with Crippen molar-refractivity contribution in [1.82, 2.24) is 15.1 Å². The molecule has 34 heavy (non-hydrogen) atoms. The van der Waals surface area contributed by atoms with Gasteiger partial charge in [0.2, 0.25) is 5.91 Å². The maximum atomic E-state index is 13.5. The quantitative estimate of drug-likeness (QED) is 0.646. The molecule has 1 N–H and O–H groups in total. The number of ether oxygens (including phenoxy) is 1. The molecule has 1 aliphatic carbocycles. The van der Waals surface area contributed by atoms with Gasteiger partial charge in [0.15, 0.2) is 0 Å². The molecule has 7 heteroatoms. The van der Waals surface area contributed by atoms with Crippen LogP contribution in [0.15, 0.2) is 48.5 Å². The van der Waals surface area contributed by atoms with E-state index in [1.807, 2.05) is 24.3 Å². The van der Waals surface area contributed by atoms with E-state index in [1.165, 1.54) is 12.1 Å². The first kappa shape index (κ1) is 24.2. The van der Waals surface area contributed by atoms with E-state index >= 15 is 0 Å². The minimum atomic E-state index is -0.405. The van der Waals surface area contributed by atoms with Gasteiger partial charge in [0.1, 0.15) is 11.6 Å². The van der Waals surface area contributed by atoms with Crippen LogP contribution in [0.25, 0.3) is 0 Å². The average molecular weight is 468 g/mol. The number of methoxy groups -OCH3 is 1. The molecule has 0 radical (unpaired) electrons. The van der Waals surface area contributed by atoms with Gasteiger partial charge in [0.25, 0.3) is 5.91 Å². The minimum absolute atomic E-state index is 0.0883. The summed E-state index contributed by atoms with van der Waals surface area (Å²) in [5.74, 6) is 0.707. The molecule has 1 saturated heterocycles. The van der Waals surface area contributed by atoms with E-state index in [0.29, 0.717) is 44.2 Å². The molecule has 1 unspecified atom stereocenters. The summed E-state index contributed by atoms with van der Waals surface area (Å²) in [4.78, 5) is 30.1. The topological polar surface area (TPSA) is 61.9 Å². The average Bonchev–Trinajstić information content (AvgIpc) is 3.39. The highest BCUT2D eigenvalue weighted by Gasteiger charge is 2.37. The molecule has 0 aromatic heterocycles. The number of benzene rings is 2. The van der Waals surface area contributed by atoms with Crippen LogP contribution < -0.4 is 10.1 Å². The van der Waals surface area contributed by atoms with Crippen LogP contribution in [0, 0.1) is 11.7 Å². The molecule has 0 bridgehead atoms. The highest BCUT2D eigenvalue weighted by molar-refractivity contribution is 5.94. The van der Waals surface area contributed by atoms with Gasteiger partial charge in [-0.05, 0) is 61.1 Å². The van der Waals surface area contributed by atoms with Crippen LogP contribution in [0.5, 0.6) is 5.75 Å². The van der Waals surface area contributed by atoms with Gasteiger partial charge < -0.3 is 15.0 Å². The van der Waals surface area contributed by atoms with E-state index in [4.69, 9.17) is 4.74 Å². The van der Waals surface area contributed by atoms with Crippen LogP contribution in [0.1, 0.15) is 41.6 Å². The number of piperazine rings is 1. The van der Waals surface area contributed by atoms with E-state index in [-0.39, 0.29) is 17.9 Å². The van der Waals surface area contributed by atoms with Crippen LogP contribution in [-0.4, -0.2) is 67.5 Å². The summed E-state index contributed by atoms with van der Waals surface area (Å²) < 4.78 is 18.7. The molecule has 6 nitrogen and oxygen atoms in total. The van der Waals surface area contributed by atoms with Gasteiger partial charge in [0.05, 0.1) is 13.2 Å². The third-order valence-corrected chi connectivity index (χ3v) is 7.05. The molecule has 2 fully saturated rings. The summed E-state index contributed by atoms with van der Waals surface area (Å²) >= 11 is 0. The number of carbonyl (C=O) groups excluding carboxylic acids is 2. The Labute approximate surface area is 201 Å². The van der Waals surface area contributed by atoms with Gasteiger partial charge in [-0.25, -0.2) is 4.39 Å². The molecule has 1 heterocycles. The normalized spacial score (nSPS) is 18.0. The third kappa shape index (κ3) is 5.95. The largest absolute Gasteiger partial charge is 0.497 e. The number of halogens is 1. The van der Waals surface area contributed by atoms with E-state index in [1.54, 1.807) is 24.1 Å². The Morgan fingerprint density at radius 2 is 1.76 bits per heavy atom. The van der Waals surface area contributed by atoms with Crippen molar-refractivity contribution in [2.24, 2.45) is 5.92 Å². The molecule has 2 aromatic carbocycles. The number of nitrogens with one attached hydrogen (secondary N) is 1. The van der Waals surface area contributed by atoms with Crippen molar-refractivity contribution >= 4 is 11.8 Å². The van der Waals surface area contributed by atoms with E-state index in [0.717, 1.165) is 43.4 Å². The molecule has 182 valence electrons. The smallest absolute Gasteiger partial charge is 0.254 e. The van der Waals surface area contributed by atoms with Gasteiger partial charge in [-0.1, -0.05) is 31.0 Å². The fourth-order valence-electron chi connectivity index (χ4n) is 5.19. The van der Waals surface area contributed by atoms with Crippen LogP contribution in [-0.2, 0) is 11.2 Å². The first-order chi connectivity index (χ1) is 16.5. The van der Waals surface area contributed by atoms with Crippen molar-refractivity contribution in [2.75, 3.05) is 39.8 Å². The lowest BCUT2D eigenvalue weighted by atomic mass is 9.94. The van der Waals surface area contributed by atoms with Gasteiger partial charge in [0, 0.05) is 38.3 Å². The van der Waals surface area contributed by atoms with Crippen molar-refractivity contribution in [2.45, 2.75) is 38.1 Å². The number of hydrogen-bond donors (Lipinski definition) is 1. The van der Waals surface area contributed by atoms with Crippen molar-refractivity contribution < 1.29 is 18.7 Å². The Morgan fingerprint density at radius 1 is 1.06 bits per heavy atom. The predicted molar refractivity (Wildman–Crippen MR) is 129 cm³/mol. The zero-order chi connectivity index (χ0) is 23.9. The molecule has 4 rings (SSSR count). The third-order valence-electron chi connectivity index (χ3n) is 7.05. The van der Waals surface area contributed by atoms with Crippen molar-refractivity contribution in [3.05, 3.63) is 65.5 Å². The fourth-order valence-corrected chi connectivity index (χ4v) is 5.19. The Balaban J connectivity index is 1.33. The summed E-state index contributed by atoms with van der Waals surface area (Å²) in [5.41, 5.74) is 1.53. The minimum Gasteiger partial charge on any atom is -0.497 e. The molecular weight excluding hydrogens is 433 g/mol. The monoisotopic (exact) mass is 467 g/mol. The second-order valence-corrected chi connectivity index (χ2v) is 9.22. The van der Waals surface area contributed by atoms with Crippen molar-refractivity contribution in [3.8, 4) is 5.75 Å². The Hall–Kier alpha value is -2.93. The van der Waals surface area contributed by atoms with Crippen LogP contribution in [0.3, 0.4) is 0 Å². The maximum absolute atomic E-state index is 13.5. The number of nitrogens with zero attached hydrogens (tertiary/aromatic N) is 2. The molecule has 2 amide bonds. The lowest BCUT2D eigenvalue weighted by Gasteiger charge is -2.40. The second kappa shape index (κ2) is 11.5. The summed E-state index contributed by atoms with van der Waals surface area (Å²) in [6.45, 7) is 2.96. The van der Waals surface area contributed by atoms with Gasteiger partial charge >= 0.3 is 0 Å². The SMILES string of the molecule is COc1ccc(CCNC(=O)C(C2CCCC2)N2CCN(C(=O)c3cccc(F)c3)CC2)cc1. The maximum Gasteiger partial charge on any atom is 0.254 e. The van der Waals surface area contributed by atoms with Crippen LogP contribution in [0.2, 0.25) is 0 Å². The molecular formula is C27H34FN3O3. The zero-order valence-electron chi connectivity index (χ0n) is 19.8. The second-order valence-electron chi connectivity index (χ2n) is 9.22. The van der Waals surface area contributed by atoms with Crippen LogP contribution in [0.4, 0.5) is 4.39 Å². The summed E-state index contributed by atoms with van der Waals surface area (Å²) in [6, 6.07) is 13.6. The van der Waals surface area contributed by atoms with Crippen molar-refractivity contribution in [3.63, 3.8) is 0 Å². The van der Waals surface area contributed by atoms with Gasteiger partial charge in [-0.15, -0.1) is 0 Å². The Morgan fingerprint density at radius 3 is 2.41 bits per heavy atom. The number of amides is 2. The van der Waals surface area contributed by atoms with E-state index in [2.05, 4.69) is 10.2 Å². The lowest BCUT2D eigenvalue weighted by molar-refractivity contribution is -0.129. The molecule has 2 aromatic rings. The summed E-state index contributed by atoms with van der Waals surface area (Å²) in [5, 5.41) is 3.17. The van der Waals surface area contributed by atoms with Crippen LogP contribution >= 0.6 is 0 Å². The molecule has 1 saturated carbocycles. The van der Waals surface area contributed by atoms with E-state index in [9.17, 15) is 14.0 Å². The predicted octanol–water partition coefficient (Wildman–Crippen LogP) is 3.51. The Kier molecular flexibility index (Phi) is 8.16. The fraction of sp³-hybridized carbons (Fsp3) is 0.481. The number of hydrogen-bond acceptors (Lipinski definition) is 4. The molecule has 2 aliphatic rings. The molecule has 1 aliphatic heterocycles.